The van der Waals surface area contributed by atoms with Gasteiger partial charge in [-0.05, 0) is 56.8 Å². The number of hydrogen-bond donors (Lipinski definition) is 1. The molecule has 1 aliphatic heterocycles. The van der Waals surface area contributed by atoms with E-state index in [9.17, 15) is 9.59 Å². The third-order valence-electron chi connectivity index (χ3n) is 3.49. The molecule has 1 aromatic carbocycles. The first kappa shape index (κ1) is 20.9. The smallest absolute Gasteiger partial charge is 0.265 e. The molecule has 144 valence electrons. The van der Waals surface area contributed by atoms with E-state index in [0.717, 1.165) is 0 Å². The van der Waals surface area contributed by atoms with Gasteiger partial charge in [0.2, 0.25) is 0 Å². The number of hydrogen-bond acceptors (Lipinski definition) is 5. The Morgan fingerprint density at radius 3 is 2.67 bits per heavy atom. The summed E-state index contributed by atoms with van der Waals surface area (Å²) in [5, 5.41) is 2.87. The molecule has 0 saturated carbocycles. The van der Waals surface area contributed by atoms with E-state index in [1.807, 2.05) is 20.8 Å². The van der Waals surface area contributed by atoms with E-state index in [1.54, 1.807) is 12.1 Å². The van der Waals surface area contributed by atoms with Crippen molar-refractivity contribution in [3.8, 4) is 11.5 Å². The number of thiocarbonyl (C=S) groups is 1. The zero-order valence-electron chi connectivity index (χ0n) is 15.4. The van der Waals surface area contributed by atoms with Crippen molar-refractivity contribution in [1.82, 2.24) is 10.2 Å². The highest BCUT2D eigenvalue weighted by Crippen LogP contribution is 2.38. The molecule has 0 aliphatic carbocycles. The minimum Gasteiger partial charge on any atom is -0.490 e. The Morgan fingerprint density at radius 2 is 2.07 bits per heavy atom. The summed E-state index contributed by atoms with van der Waals surface area (Å²) in [5.74, 6) is -0.209. The van der Waals surface area contributed by atoms with Crippen LogP contribution < -0.4 is 14.8 Å². The molecule has 0 spiro atoms. The van der Waals surface area contributed by atoms with E-state index in [2.05, 4.69) is 11.9 Å². The number of ether oxygens (including phenoxy) is 2. The normalized spacial score (nSPS) is 16.0. The van der Waals surface area contributed by atoms with Gasteiger partial charge in [0.25, 0.3) is 11.8 Å². The van der Waals surface area contributed by atoms with Gasteiger partial charge in [-0.25, -0.2) is 0 Å². The highest BCUT2D eigenvalue weighted by Gasteiger charge is 2.32. The van der Waals surface area contributed by atoms with E-state index < -0.39 is 11.8 Å². The van der Waals surface area contributed by atoms with Gasteiger partial charge in [0.15, 0.2) is 16.6 Å². The Hall–Kier alpha value is -2.38. The second-order valence-electron chi connectivity index (χ2n) is 5.95. The molecule has 27 heavy (non-hydrogen) atoms. The molecule has 0 radical (unpaired) electrons. The minimum absolute atomic E-state index is 0.0516. The topological polar surface area (TPSA) is 67.9 Å². The molecule has 2 rings (SSSR count). The second-order valence-corrected chi connectivity index (χ2v) is 6.75. The summed E-state index contributed by atoms with van der Waals surface area (Å²) in [6.45, 7) is 9.80. The molecular weight excluding hydrogens is 388 g/mol. The fourth-order valence-electron chi connectivity index (χ4n) is 2.44. The van der Waals surface area contributed by atoms with Crippen LogP contribution in [0.15, 0.2) is 30.4 Å². The van der Waals surface area contributed by atoms with Crippen molar-refractivity contribution in [3.05, 3.63) is 40.9 Å². The number of carbonyl (C=O) groups is 2. The first-order chi connectivity index (χ1) is 12.8. The van der Waals surface area contributed by atoms with Gasteiger partial charge in [0, 0.05) is 6.54 Å². The average Bonchev–Trinajstić information content (AvgIpc) is 2.58. The largest absolute Gasteiger partial charge is 0.490 e. The maximum Gasteiger partial charge on any atom is 0.265 e. The summed E-state index contributed by atoms with van der Waals surface area (Å²) < 4.78 is 11.3. The highest BCUT2D eigenvalue weighted by atomic mass is 35.5. The second kappa shape index (κ2) is 9.01. The predicted molar refractivity (Wildman–Crippen MR) is 109 cm³/mol. The summed E-state index contributed by atoms with van der Waals surface area (Å²) in [6, 6.07) is 3.28. The molecule has 0 atom stereocenters. The minimum atomic E-state index is -0.568. The number of carbonyl (C=O) groups excluding carboxylic acids is 2. The number of rotatable bonds is 7. The summed E-state index contributed by atoms with van der Waals surface area (Å²) in [4.78, 5) is 26.1. The molecule has 1 saturated heterocycles. The zero-order chi connectivity index (χ0) is 20.1. The molecule has 8 heteroatoms. The molecular formula is C19H21ClN2O4S. The number of nitrogens with one attached hydrogen (secondary N) is 1. The number of nitrogens with zero attached hydrogens (tertiary/aromatic N) is 1. The molecule has 1 aliphatic rings. The molecule has 0 bridgehead atoms. The fraction of sp³-hybridized carbons (Fsp3) is 0.316. The van der Waals surface area contributed by atoms with Crippen LogP contribution in [0.4, 0.5) is 0 Å². The van der Waals surface area contributed by atoms with E-state index >= 15 is 0 Å². The van der Waals surface area contributed by atoms with E-state index in [-0.39, 0.29) is 23.3 Å². The van der Waals surface area contributed by atoms with Gasteiger partial charge in [-0.3, -0.25) is 19.8 Å². The molecule has 2 amide bonds. The highest BCUT2D eigenvalue weighted by molar-refractivity contribution is 7.80. The van der Waals surface area contributed by atoms with Crippen LogP contribution in [0.5, 0.6) is 11.5 Å². The van der Waals surface area contributed by atoms with Crippen LogP contribution in [0.25, 0.3) is 6.08 Å². The standard InChI is InChI=1S/C19H21ClN2O4S/c1-5-7-22-18(24)13(17(23)21-19(22)27)8-12-9-14(20)16(26-11(3)4)15(10-12)25-6-2/h5,8-11H,1,6-7H2,2-4H3,(H,21,23,27)/b13-8+. The Kier molecular flexibility index (Phi) is 6.98. The van der Waals surface area contributed by atoms with Crippen LogP contribution in [-0.4, -0.2) is 41.1 Å². The zero-order valence-corrected chi connectivity index (χ0v) is 16.9. The van der Waals surface area contributed by atoms with Crippen LogP contribution in [-0.2, 0) is 9.59 Å². The molecule has 1 heterocycles. The lowest BCUT2D eigenvalue weighted by Crippen LogP contribution is -2.53. The van der Waals surface area contributed by atoms with Crippen LogP contribution in [0.2, 0.25) is 5.02 Å². The van der Waals surface area contributed by atoms with Gasteiger partial charge in [-0.1, -0.05) is 17.7 Å². The Bertz CT molecular complexity index is 820. The quantitative estimate of drug-likeness (QED) is 0.324. The lowest BCUT2D eigenvalue weighted by Gasteiger charge is -2.27. The lowest BCUT2D eigenvalue weighted by atomic mass is 10.1. The summed E-state index contributed by atoms with van der Waals surface area (Å²) in [7, 11) is 0. The third-order valence-corrected chi connectivity index (χ3v) is 4.10. The van der Waals surface area contributed by atoms with Crippen molar-refractivity contribution in [2.24, 2.45) is 0 Å². The Balaban J connectivity index is 2.47. The van der Waals surface area contributed by atoms with Crippen molar-refractivity contribution < 1.29 is 19.1 Å². The maximum atomic E-state index is 12.6. The maximum absolute atomic E-state index is 12.6. The molecule has 1 N–H and O–H groups in total. The van der Waals surface area contributed by atoms with Crippen molar-refractivity contribution in [2.45, 2.75) is 26.9 Å². The van der Waals surface area contributed by atoms with E-state index in [0.29, 0.717) is 28.7 Å². The molecule has 0 aromatic heterocycles. The van der Waals surface area contributed by atoms with Crippen molar-refractivity contribution >= 4 is 46.8 Å². The van der Waals surface area contributed by atoms with Crippen molar-refractivity contribution in [1.29, 1.82) is 0 Å². The average molecular weight is 409 g/mol. The monoisotopic (exact) mass is 408 g/mol. The molecule has 0 unspecified atom stereocenters. The van der Waals surface area contributed by atoms with Gasteiger partial charge in [0.1, 0.15) is 5.57 Å². The van der Waals surface area contributed by atoms with Gasteiger partial charge >= 0.3 is 0 Å². The summed E-state index contributed by atoms with van der Waals surface area (Å²) in [6.07, 6.45) is 2.88. The van der Waals surface area contributed by atoms with Gasteiger partial charge in [0.05, 0.1) is 17.7 Å². The summed E-state index contributed by atoms with van der Waals surface area (Å²) in [5.41, 5.74) is 0.478. The van der Waals surface area contributed by atoms with Gasteiger partial charge in [-0.15, -0.1) is 6.58 Å². The third kappa shape index (κ3) is 4.87. The van der Waals surface area contributed by atoms with E-state index in [1.165, 1.54) is 17.1 Å². The SMILES string of the molecule is C=CCN1C(=O)/C(=C/c2cc(Cl)c(OC(C)C)c(OCC)c2)C(=O)NC1=S. The van der Waals surface area contributed by atoms with E-state index in [4.69, 9.17) is 33.3 Å². The van der Waals surface area contributed by atoms with Crippen LogP contribution >= 0.6 is 23.8 Å². The molecule has 6 nitrogen and oxygen atoms in total. The number of halogens is 1. The van der Waals surface area contributed by atoms with Crippen LogP contribution in [0, 0.1) is 0 Å². The Labute approximate surface area is 168 Å². The van der Waals surface area contributed by atoms with Gasteiger partial charge in [-0.2, -0.15) is 0 Å². The number of amides is 2. The van der Waals surface area contributed by atoms with Crippen molar-refractivity contribution in [2.75, 3.05) is 13.2 Å². The van der Waals surface area contributed by atoms with Crippen LogP contribution in [0.1, 0.15) is 26.3 Å². The van der Waals surface area contributed by atoms with Crippen LogP contribution in [0.3, 0.4) is 0 Å². The van der Waals surface area contributed by atoms with Crippen molar-refractivity contribution in [3.63, 3.8) is 0 Å². The number of benzene rings is 1. The lowest BCUT2D eigenvalue weighted by molar-refractivity contribution is -0.128. The Morgan fingerprint density at radius 1 is 1.37 bits per heavy atom. The molecule has 1 aromatic rings. The first-order valence-corrected chi connectivity index (χ1v) is 9.19. The molecule has 1 fully saturated rings. The van der Waals surface area contributed by atoms with Gasteiger partial charge < -0.3 is 9.47 Å². The predicted octanol–water partition coefficient (Wildman–Crippen LogP) is 3.34. The first-order valence-electron chi connectivity index (χ1n) is 8.41. The summed E-state index contributed by atoms with van der Waals surface area (Å²) >= 11 is 11.4. The fourth-order valence-corrected chi connectivity index (χ4v) is 2.95.